The zero-order valence-electron chi connectivity index (χ0n) is 12.7. The Morgan fingerprint density at radius 3 is 2.36 bits per heavy atom. The third-order valence-corrected chi connectivity index (χ3v) is 4.38. The lowest BCUT2D eigenvalue weighted by Gasteiger charge is -2.16. The second-order valence-corrected chi connectivity index (χ2v) is 6.35. The lowest BCUT2D eigenvalue weighted by Crippen LogP contribution is -2.26. The molecule has 0 heterocycles. The summed E-state index contributed by atoms with van der Waals surface area (Å²) in [6, 6.07) is 4.86. The highest BCUT2D eigenvalue weighted by Crippen LogP contribution is 2.49. The molecule has 0 aliphatic heterocycles. The molecule has 0 atom stereocenters. The van der Waals surface area contributed by atoms with E-state index in [1.807, 2.05) is 0 Å². The molecule has 0 spiro atoms. The van der Waals surface area contributed by atoms with Crippen LogP contribution in [0.15, 0.2) is 18.2 Å². The number of ether oxygens (including phenoxy) is 1. The SMILES string of the molecule is COCc1cc(NC(=O)C(C2CC2)C2CC2)cc(C(=O)O)c1. The van der Waals surface area contributed by atoms with Crippen LogP contribution < -0.4 is 5.32 Å². The molecule has 1 amide bonds. The fourth-order valence-corrected chi connectivity index (χ4v) is 3.09. The van der Waals surface area contributed by atoms with E-state index in [1.165, 1.54) is 6.07 Å². The zero-order valence-corrected chi connectivity index (χ0v) is 12.7. The van der Waals surface area contributed by atoms with E-state index >= 15 is 0 Å². The summed E-state index contributed by atoms with van der Waals surface area (Å²) in [6.45, 7) is 0.318. The third kappa shape index (κ3) is 3.47. The molecule has 0 radical (unpaired) electrons. The first-order valence-corrected chi connectivity index (χ1v) is 7.75. The standard InChI is InChI=1S/C17H21NO4/c1-22-9-10-6-13(17(20)21)8-14(7-10)18-16(19)15(11-2-3-11)12-4-5-12/h6-8,11-12,15H,2-5,9H2,1H3,(H,18,19)(H,20,21). The topological polar surface area (TPSA) is 75.6 Å². The molecule has 118 valence electrons. The lowest BCUT2D eigenvalue weighted by molar-refractivity contribution is -0.121. The zero-order chi connectivity index (χ0) is 15.7. The van der Waals surface area contributed by atoms with Crippen LogP contribution in [0.5, 0.6) is 0 Å². The van der Waals surface area contributed by atoms with E-state index in [9.17, 15) is 14.7 Å². The second kappa shape index (κ2) is 6.08. The highest BCUT2D eigenvalue weighted by Gasteiger charge is 2.45. The van der Waals surface area contributed by atoms with Crippen molar-refractivity contribution in [1.82, 2.24) is 0 Å². The van der Waals surface area contributed by atoms with Gasteiger partial charge in [-0.3, -0.25) is 4.79 Å². The van der Waals surface area contributed by atoms with E-state index in [2.05, 4.69) is 5.32 Å². The molecule has 2 aliphatic carbocycles. The average Bonchev–Trinajstić information content (AvgIpc) is 3.33. The van der Waals surface area contributed by atoms with Crippen LogP contribution in [0, 0.1) is 17.8 Å². The van der Waals surface area contributed by atoms with Gasteiger partial charge in [-0.05, 0) is 61.3 Å². The van der Waals surface area contributed by atoms with Crippen molar-refractivity contribution in [3.8, 4) is 0 Å². The van der Waals surface area contributed by atoms with Crippen molar-refractivity contribution < 1.29 is 19.4 Å². The molecular formula is C17H21NO4. The smallest absolute Gasteiger partial charge is 0.335 e. The van der Waals surface area contributed by atoms with Crippen LogP contribution in [0.25, 0.3) is 0 Å². The van der Waals surface area contributed by atoms with Crippen molar-refractivity contribution >= 4 is 17.6 Å². The average molecular weight is 303 g/mol. The maximum atomic E-state index is 12.5. The van der Waals surface area contributed by atoms with Gasteiger partial charge in [0.1, 0.15) is 0 Å². The summed E-state index contributed by atoms with van der Waals surface area (Å²) in [4.78, 5) is 23.7. The fourth-order valence-electron chi connectivity index (χ4n) is 3.09. The Bertz CT molecular complexity index is 578. The number of carboxylic acids is 1. The molecule has 1 aromatic rings. The molecule has 2 saturated carbocycles. The van der Waals surface area contributed by atoms with Gasteiger partial charge in [-0.1, -0.05) is 0 Å². The molecule has 2 N–H and O–H groups in total. The number of carboxylic acid groups (broad SMARTS) is 1. The van der Waals surface area contributed by atoms with Crippen LogP contribution in [0.4, 0.5) is 5.69 Å². The van der Waals surface area contributed by atoms with Gasteiger partial charge in [0.2, 0.25) is 5.91 Å². The quantitative estimate of drug-likeness (QED) is 0.812. The minimum absolute atomic E-state index is 0.0379. The molecule has 0 unspecified atom stereocenters. The Morgan fingerprint density at radius 2 is 1.86 bits per heavy atom. The van der Waals surface area contributed by atoms with Crippen LogP contribution in [0.2, 0.25) is 0 Å². The number of nitrogens with one attached hydrogen (secondary N) is 1. The van der Waals surface area contributed by atoms with Gasteiger partial charge in [-0.15, -0.1) is 0 Å². The number of rotatable bonds is 7. The third-order valence-electron chi connectivity index (χ3n) is 4.38. The number of carbonyl (C=O) groups is 2. The number of hydrogen-bond donors (Lipinski definition) is 2. The minimum atomic E-state index is -1.01. The Kier molecular flexibility index (Phi) is 4.16. The van der Waals surface area contributed by atoms with Gasteiger partial charge in [-0.2, -0.15) is 0 Å². The molecule has 3 rings (SSSR count). The summed E-state index contributed by atoms with van der Waals surface area (Å²) in [5.41, 5.74) is 1.45. The van der Waals surface area contributed by atoms with Crippen LogP contribution >= 0.6 is 0 Å². The van der Waals surface area contributed by atoms with Crippen LogP contribution in [-0.2, 0) is 16.1 Å². The number of benzene rings is 1. The predicted molar refractivity (Wildman–Crippen MR) is 81.7 cm³/mol. The maximum absolute atomic E-state index is 12.5. The van der Waals surface area contributed by atoms with Crippen LogP contribution in [0.1, 0.15) is 41.6 Å². The second-order valence-electron chi connectivity index (χ2n) is 6.35. The number of aromatic carboxylic acids is 1. The minimum Gasteiger partial charge on any atom is -0.478 e. The highest BCUT2D eigenvalue weighted by atomic mass is 16.5. The summed E-state index contributed by atoms with van der Waals surface area (Å²) >= 11 is 0. The first kappa shape index (κ1) is 15.0. The maximum Gasteiger partial charge on any atom is 0.335 e. The summed E-state index contributed by atoms with van der Waals surface area (Å²) in [5.74, 6) is 0.173. The summed E-state index contributed by atoms with van der Waals surface area (Å²) in [7, 11) is 1.56. The fraction of sp³-hybridized carbons (Fsp3) is 0.529. The van der Waals surface area contributed by atoms with E-state index in [-0.39, 0.29) is 17.4 Å². The first-order chi connectivity index (χ1) is 10.6. The number of hydrogen-bond acceptors (Lipinski definition) is 3. The highest BCUT2D eigenvalue weighted by molar-refractivity contribution is 5.95. The summed E-state index contributed by atoms with van der Waals surface area (Å²) < 4.78 is 5.06. The van der Waals surface area contributed by atoms with Gasteiger partial charge in [0.05, 0.1) is 12.2 Å². The van der Waals surface area contributed by atoms with Gasteiger partial charge in [0.25, 0.3) is 0 Å². The van der Waals surface area contributed by atoms with E-state index in [4.69, 9.17) is 4.74 Å². The first-order valence-electron chi connectivity index (χ1n) is 7.75. The molecule has 2 fully saturated rings. The molecule has 5 heteroatoms. The Labute approximate surface area is 129 Å². The van der Waals surface area contributed by atoms with Crippen LogP contribution in [0.3, 0.4) is 0 Å². The Hall–Kier alpha value is -1.88. The van der Waals surface area contributed by atoms with E-state index in [0.717, 1.165) is 31.2 Å². The van der Waals surface area contributed by atoms with Crippen molar-refractivity contribution in [1.29, 1.82) is 0 Å². The normalized spacial score (nSPS) is 17.5. The van der Waals surface area contributed by atoms with Gasteiger partial charge in [0.15, 0.2) is 0 Å². The monoisotopic (exact) mass is 303 g/mol. The van der Waals surface area contributed by atoms with Gasteiger partial charge in [0, 0.05) is 18.7 Å². The van der Waals surface area contributed by atoms with Crippen molar-refractivity contribution in [2.45, 2.75) is 32.3 Å². The number of amides is 1. The van der Waals surface area contributed by atoms with E-state index < -0.39 is 5.97 Å². The number of methoxy groups -OCH3 is 1. The van der Waals surface area contributed by atoms with Crippen molar-refractivity contribution in [3.05, 3.63) is 29.3 Å². The lowest BCUT2D eigenvalue weighted by atomic mass is 9.96. The number of anilines is 1. The molecule has 0 bridgehead atoms. The largest absolute Gasteiger partial charge is 0.478 e. The van der Waals surface area contributed by atoms with Crippen LogP contribution in [-0.4, -0.2) is 24.1 Å². The molecule has 0 aromatic heterocycles. The molecule has 22 heavy (non-hydrogen) atoms. The van der Waals surface area contributed by atoms with Gasteiger partial charge >= 0.3 is 5.97 Å². The van der Waals surface area contributed by atoms with E-state index in [1.54, 1.807) is 19.2 Å². The van der Waals surface area contributed by atoms with Crippen molar-refractivity contribution in [2.24, 2.45) is 17.8 Å². The molecule has 0 saturated heterocycles. The molecule has 5 nitrogen and oxygen atoms in total. The summed E-state index contributed by atoms with van der Waals surface area (Å²) in [5, 5.41) is 12.1. The van der Waals surface area contributed by atoms with E-state index in [0.29, 0.717) is 24.1 Å². The van der Waals surface area contributed by atoms with Gasteiger partial charge < -0.3 is 15.2 Å². The predicted octanol–water partition coefficient (Wildman–Crippen LogP) is 2.91. The Balaban J connectivity index is 1.77. The Morgan fingerprint density at radius 1 is 1.23 bits per heavy atom. The molecular weight excluding hydrogens is 282 g/mol. The molecule has 1 aromatic carbocycles. The molecule has 2 aliphatic rings. The number of carbonyl (C=O) groups excluding carboxylic acids is 1. The van der Waals surface area contributed by atoms with Crippen molar-refractivity contribution in [3.63, 3.8) is 0 Å². The summed E-state index contributed by atoms with van der Waals surface area (Å²) in [6.07, 6.45) is 4.55. The van der Waals surface area contributed by atoms with Gasteiger partial charge in [-0.25, -0.2) is 4.79 Å². The van der Waals surface area contributed by atoms with Crippen molar-refractivity contribution in [2.75, 3.05) is 12.4 Å².